The first-order valence-electron chi connectivity index (χ1n) is 6.61. The molecule has 0 amide bonds. The third-order valence-corrected chi connectivity index (χ3v) is 4.09. The minimum atomic E-state index is -0.161. The highest BCUT2D eigenvalue weighted by Gasteiger charge is 2.07. The molecule has 0 saturated carbocycles. The predicted octanol–water partition coefficient (Wildman–Crippen LogP) is 4.32. The molecule has 0 aliphatic rings. The van der Waals surface area contributed by atoms with Crippen molar-refractivity contribution in [2.45, 2.75) is 10.3 Å². The zero-order chi connectivity index (χ0) is 15.1. The third kappa shape index (κ3) is 4.99. The maximum Gasteiger partial charge on any atom is 0.192 e. The van der Waals surface area contributed by atoms with Gasteiger partial charge in [-0.05, 0) is 30.0 Å². The standard InChI is InChI=1S/C16H18ClN3S/c1-21-14-9-5-8-13(10-14)20-16(18)19-11-15(17)12-6-3-2-4-7-12/h2-10,15H,11H2,1H3,(H3,18,19,20). The van der Waals surface area contributed by atoms with Crippen LogP contribution >= 0.6 is 23.4 Å². The Morgan fingerprint density at radius 3 is 2.67 bits per heavy atom. The molecule has 0 aliphatic heterocycles. The number of hydrogen-bond donors (Lipinski definition) is 3. The summed E-state index contributed by atoms with van der Waals surface area (Å²) in [6, 6.07) is 17.8. The van der Waals surface area contributed by atoms with Gasteiger partial charge in [0.1, 0.15) is 0 Å². The first-order valence-corrected chi connectivity index (χ1v) is 8.27. The van der Waals surface area contributed by atoms with Crippen LogP contribution in [0.15, 0.2) is 59.5 Å². The summed E-state index contributed by atoms with van der Waals surface area (Å²) in [6.45, 7) is 0.500. The maximum atomic E-state index is 7.92. The summed E-state index contributed by atoms with van der Waals surface area (Å²) in [4.78, 5) is 1.16. The molecule has 0 bridgehead atoms. The van der Waals surface area contributed by atoms with Crippen LogP contribution in [0.1, 0.15) is 10.9 Å². The second-order valence-corrected chi connectivity index (χ2v) is 5.90. The van der Waals surface area contributed by atoms with Crippen molar-refractivity contribution >= 4 is 35.0 Å². The van der Waals surface area contributed by atoms with Crippen molar-refractivity contribution in [1.29, 1.82) is 5.41 Å². The minimum absolute atomic E-state index is 0.161. The van der Waals surface area contributed by atoms with Gasteiger partial charge >= 0.3 is 0 Å². The average molecular weight is 320 g/mol. The summed E-state index contributed by atoms with van der Waals surface area (Å²) in [6.07, 6.45) is 2.03. The van der Waals surface area contributed by atoms with Gasteiger partial charge in [0.05, 0.1) is 5.38 Å². The Balaban J connectivity index is 1.84. The average Bonchev–Trinajstić information content (AvgIpc) is 2.53. The molecule has 0 fully saturated rings. The molecular weight excluding hydrogens is 302 g/mol. The SMILES string of the molecule is CSc1cccc(NC(=N)NCC(Cl)c2ccccc2)c1. The van der Waals surface area contributed by atoms with Gasteiger partial charge in [-0.25, -0.2) is 0 Å². The lowest BCUT2D eigenvalue weighted by Gasteiger charge is -2.14. The molecule has 5 heteroatoms. The molecule has 0 radical (unpaired) electrons. The van der Waals surface area contributed by atoms with Crippen LogP contribution in [0.25, 0.3) is 0 Å². The van der Waals surface area contributed by atoms with Gasteiger partial charge in [0.25, 0.3) is 0 Å². The quantitative estimate of drug-likeness (QED) is 0.333. The van der Waals surface area contributed by atoms with Gasteiger partial charge in [-0.3, -0.25) is 5.41 Å². The molecule has 21 heavy (non-hydrogen) atoms. The van der Waals surface area contributed by atoms with Gasteiger partial charge in [-0.15, -0.1) is 23.4 Å². The summed E-state index contributed by atoms with van der Waals surface area (Å²) >= 11 is 7.98. The highest BCUT2D eigenvalue weighted by molar-refractivity contribution is 7.98. The Bertz CT molecular complexity index is 589. The van der Waals surface area contributed by atoms with Gasteiger partial charge in [0.15, 0.2) is 5.96 Å². The van der Waals surface area contributed by atoms with E-state index in [1.54, 1.807) is 11.8 Å². The number of thioether (sulfide) groups is 1. The molecule has 0 heterocycles. The van der Waals surface area contributed by atoms with E-state index in [9.17, 15) is 0 Å². The van der Waals surface area contributed by atoms with Gasteiger partial charge < -0.3 is 10.6 Å². The molecule has 3 N–H and O–H groups in total. The Morgan fingerprint density at radius 1 is 1.19 bits per heavy atom. The van der Waals surface area contributed by atoms with E-state index in [-0.39, 0.29) is 11.3 Å². The van der Waals surface area contributed by atoms with E-state index in [1.807, 2.05) is 60.9 Å². The Hall–Kier alpha value is -1.65. The highest BCUT2D eigenvalue weighted by atomic mass is 35.5. The highest BCUT2D eigenvalue weighted by Crippen LogP contribution is 2.20. The molecule has 1 atom stereocenters. The van der Waals surface area contributed by atoms with Crippen molar-refractivity contribution < 1.29 is 0 Å². The van der Waals surface area contributed by atoms with E-state index in [1.165, 1.54) is 0 Å². The zero-order valence-electron chi connectivity index (χ0n) is 11.8. The fourth-order valence-electron chi connectivity index (χ4n) is 1.86. The molecule has 3 nitrogen and oxygen atoms in total. The van der Waals surface area contributed by atoms with Gasteiger partial charge in [0.2, 0.25) is 0 Å². The van der Waals surface area contributed by atoms with Gasteiger partial charge in [-0.2, -0.15) is 0 Å². The van der Waals surface area contributed by atoms with Gasteiger partial charge in [0, 0.05) is 17.1 Å². The number of halogens is 1. The molecule has 0 aromatic heterocycles. The normalized spacial score (nSPS) is 11.7. The minimum Gasteiger partial charge on any atom is -0.354 e. The van der Waals surface area contributed by atoms with Crippen molar-refractivity contribution in [1.82, 2.24) is 5.32 Å². The molecule has 0 saturated heterocycles. The summed E-state index contributed by atoms with van der Waals surface area (Å²) in [5.41, 5.74) is 1.94. The lowest BCUT2D eigenvalue weighted by atomic mass is 10.1. The van der Waals surface area contributed by atoms with Crippen molar-refractivity contribution in [2.24, 2.45) is 0 Å². The van der Waals surface area contributed by atoms with Crippen molar-refractivity contribution in [3.8, 4) is 0 Å². The number of guanidine groups is 1. The Kier molecular flexibility index (Phi) is 5.96. The van der Waals surface area contributed by atoms with Crippen LogP contribution in [0.3, 0.4) is 0 Å². The molecular formula is C16H18ClN3S. The lowest BCUT2D eigenvalue weighted by Crippen LogP contribution is -2.32. The Labute approximate surface area is 134 Å². The second kappa shape index (κ2) is 7.96. The fraction of sp³-hybridized carbons (Fsp3) is 0.188. The summed E-state index contributed by atoms with van der Waals surface area (Å²) < 4.78 is 0. The molecule has 2 rings (SSSR count). The summed E-state index contributed by atoms with van der Waals surface area (Å²) in [5.74, 6) is 0.245. The number of alkyl halides is 1. The van der Waals surface area contributed by atoms with Gasteiger partial charge in [-0.1, -0.05) is 36.4 Å². The Morgan fingerprint density at radius 2 is 1.95 bits per heavy atom. The zero-order valence-corrected chi connectivity index (χ0v) is 13.3. The number of rotatable bonds is 5. The van der Waals surface area contributed by atoms with E-state index < -0.39 is 0 Å². The smallest absolute Gasteiger partial charge is 0.192 e. The fourth-order valence-corrected chi connectivity index (χ4v) is 2.54. The molecule has 1 unspecified atom stereocenters. The maximum absolute atomic E-state index is 7.92. The van der Waals surface area contributed by atoms with Crippen LogP contribution in [0.2, 0.25) is 0 Å². The largest absolute Gasteiger partial charge is 0.354 e. The summed E-state index contributed by atoms with van der Waals surface area (Å²) in [5, 5.41) is 13.8. The van der Waals surface area contributed by atoms with Crippen LogP contribution in [0, 0.1) is 5.41 Å². The molecule has 2 aromatic rings. The van der Waals surface area contributed by atoms with Crippen LogP contribution < -0.4 is 10.6 Å². The van der Waals surface area contributed by atoms with Crippen LogP contribution in [0.5, 0.6) is 0 Å². The van der Waals surface area contributed by atoms with Crippen molar-refractivity contribution in [3.63, 3.8) is 0 Å². The van der Waals surface area contributed by atoms with Crippen LogP contribution in [0.4, 0.5) is 5.69 Å². The first-order chi connectivity index (χ1) is 10.2. The topological polar surface area (TPSA) is 47.9 Å². The number of hydrogen-bond acceptors (Lipinski definition) is 2. The van der Waals surface area contributed by atoms with E-state index in [0.717, 1.165) is 16.1 Å². The number of nitrogens with one attached hydrogen (secondary N) is 3. The van der Waals surface area contributed by atoms with E-state index in [0.29, 0.717) is 6.54 Å². The number of anilines is 1. The molecule has 0 aliphatic carbocycles. The molecule has 110 valence electrons. The number of benzene rings is 2. The monoisotopic (exact) mass is 319 g/mol. The lowest BCUT2D eigenvalue weighted by molar-refractivity contribution is 0.833. The first kappa shape index (κ1) is 15.7. The molecule has 0 spiro atoms. The van der Waals surface area contributed by atoms with Crippen LogP contribution in [-0.2, 0) is 0 Å². The van der Waals surface area contributed by atoms with E-state index in [2.05, 4.69) is 10.6 Å². The predicted molar refractivity (Wildman–Crippen MR) is 92.6 cm³/mol. The van der Waals surface area contributed by atoms with Crippen molar-refractivity contribution in [3.05, 3.63) is 60.2 Å². The molecule has 2 aromatic carbocycles. The second-order valence-electron chi connectivity index (χ2n) is 4.49. The summed E-state index contributed by atoms with van der Waals surface area (Å²) in [7, 11) is 0. The van der Waals surface area contributed by atoms with Crippen molar-refractivity contribution in [2.75, 3.05) is 18.1 Å². The third-order valence-electron chi connectivity index (χ3n) is 2.96. The van der Waals surface area contributed by atoms with E-state index >= 15 is 0 Å². The van der Waals surface area contributed by atoms with E-state index in [4.69, 9.17) is 17.0 Å². The van der Waals surface area contributed by atoms with Crippen LogP contribution in [-0.4, -0.2) is 18.8 Å².